The van der Waals surface area contributed by atoms with Crippen LogP contribution in [-0.4, -0.2) is 23.2 Å². The number of alkyl halides is 1. The van der Waals surface area contributed by atoms with Crippen molar-refractivity contribution in [2.24, 2.45) is 0 Å². The Morgan fingerprint density at radius 2 is 1.80 bits per heavy atom. The molecule has 0 aliphatic rings. The van der Waals surface area contributed by atoms with Crippen molar-refractivity contribution in [3.8, 4) is 11.9 Å². The van der Waals surface area contributed by atoms with Gasteiger partial charge < -0.3 is 9.47 Å². The molecule has 15 heavy (non-hydrogen) atoms. The van der Waals surface area contributed by atoms with E-state index in [2.05, 4.69) is 9.97 Å². The summed E-state index contributed by atoms with van der Waals surface area (Å²) in [6.45, 7) is 4.65. The fraction of sp³-hybridized carbons (Fsp3) is 0.556. The maximum atomic E-state index is 5.97. The van der Waals surface area contributed by atoms with E-state index in [0.29, 0.717) is 29.8 Å². The molecule has 0 radical (unpaired) electrons. The molecular formula is C9H12Cl2N2O2. The minimum atomic E-state index is 0.196. The van der Waals surface area contributed by atoms with Crippen LogP contribution in [0.25, 0.3) is 0 Å². The van der Waals surface area contributed by atoms with Crippen molar-refractivity contribution in [2.75, 3.05) is 13.2 Å². The minimum absolute atomic E-state index is 0.196. The fourth-order valence-corrected chi connectivity index (χ4v) is 1.43. The SMILES string of the molecule is CCOc1nc(CCl)c(Cl)c(OCC)n1. The molecule has 1 aromatic heterocycles. The maximum Gasteiger partial charge on any atom is 0.320 e. The highest BCUT2D eigenvalue weighted by Gasteiger charge is 2.13. The zero-order valence-corrected chi connectivity index (χ0v) is 10.1. The van der Waals surface area contributed by atoms with E-state index in [1.54, 1.807) is 0 Å². The lowest BCUT2D eigenvalue weighted by Crippen LogP contribution is -2.04. The molecule has 0 unspecified atom stereocenters. The molecule has 0 aliphatic carbocycles. The summed E-state index contributed by atoms with van der Waals surface area (Å²) >= 11 is 11.7. The molecule has 0 spiro atoms. The quantitative estimate of drug-likeness (QED) is 0.754. The molecule has 6 heteroatoms. The second-order valence-electron chi connectivity index (χ2n) is 2.57. The minimum Gasteiger partial charge on any atom is -0.477 e. The molecule has 84 valence electrons. The smallest absolute Gasteiger partial charge is 0.320 e. The summed E-state index contributed by atoms with van der Waals surface area (Å²) in [4.78, 5) is 8.06. The number of nitrogens with zero attached hydrogens (tertiary/aromatic N) is 2. The van der Waals surface area contributed by atoms with E-state index in [1.807, 2.05) is 13.8 Å². The molecular weight excluding hydrogens is 239 g/mol. The zero-order chi connectivity index (χ0) is 11.3. The van der Waals surface area contributed by atoms with Gasteiger partial charge in [0.2, 0.25) is 5.88 Å². The Labute approximate surface area is 98.5 Å². The van der Waals surface area contributed by atoms with Crippen LogP contribution in [0.1, 0.15) is 19.5 Å². The molecule has 0 atom stereocenters. The Kier molecular flexibility index (Phi) is 4.91. The topological polar surface area (TPSA) is 44.2 Å². The van der Waals surface area contributed by atoms with Crippen LogP contribution in [0.2, 0.25) is 5.02 Å². The van der Waals surface area contributed by atoms with Crippen molar-refractivity contribution in [3.05, 3.63) is 10.7 Å². The second kappa shape index (κ2) is 5.98. The molecule has 1 heterocycles. The van der Waals surface area contributed by atoms with E-state index in [1.165, 1.54) is 0 Å². The summed E-state index contributed by atoms with van der Waals surface area (Å²) in [6.07, 6.45) is 0. The number of hydrogen-bond donors (Lipinski definition) is 0. The first kappa shape index (κ1) is 12.3. The van der Waals surface area contributed by atoms with Crippen molar-refractivity contribution in [3.63, 3.8) is 0 Å². The number of hydrogen-bond acceptors (Lipinski definition) is 4. The molecule has 0 saturated heterocycles. The Bertz CT molecular complexity index is 334. The van der Waals surface area contributed by atoms with Gasteiger partial charge in [0.1, 0.15) is 5.02 Å². The van der Waals surface area contributed by atoms with E-state index >= 15 is 0 Å². The third-order valence-corrected chi connectivity index (χ3v) is 2.18. The van der Waals surface area contributed by atoms with Gasteiger partial charge in [-0.05, 0) is 13.8 Å². The van der Waals surface area contributed by atoms with Crippen molar-refractivity contribution in [1.29, 1.82) is 0 Å². The van der Waals surface area contributed by atoms with E-state index in [9.17, 15) is 0 Å². The van der Waals surface area contributed by atoms with Crippen molar-refractivity contribution < 1.29 is 9.47 Å². The van der Waals surface area contributed by atoms with Crippen LogP contribution in [0.5, 0.6) is 11.9 Å². The summed E-state index contributed by atoms with van der Waals surface area (Å²) in [6, 6.07) is 0.237. The van der Waals surface area contributed by atoms with Gasteiger partial charge in [0.25, 0.3) is 0 Å². The third kappa shape index (κ3) is 3.11. The fourth-order valence-electron chi connectivity index (χ4n) is 0.963. The molecule has 4 nitrogen and oxygen atoms in total. The lowest BCUT2D eigenvalue weighted by molar-refractivity contribution is 0.288. The Balaban J connectivity index is 3.07. The lowest BCUT2D eigenvalue weighted by atomic mass is 10.4. The Morgan fingerprint density at radius 3 is 2.33 bits per heavy atom. The van der Waals surface area contributed by atoms with Crippen molar-refractivity contribution >= 4 is 23.2 Å². The summed E-state index contributed by atoms with van der Waals surface area (Å²) in [5, 5.41) is 0.343. The molecule has 0 aliphatic heterocycles. The molecule has 1 rings (SSSR count). The van der Waals surface area contributed by atoms with Crippen molar-refractivity contribution in [2.45, 2.75) is 19.7 Å². The molecule has 0 N–H and O–H groups in total. The van der Waals surface area contributed by atoms with Crippen LogP contribution in [0.15, 0.2) is 0 Å². The molecule has 0 fully saturated rings. The van der Waals surface area contributed by atoms with Crippen LogP contribution in [0.4, 0.5) is 0 Å². The van der Waals surface area contributed by atoms with Crippen LogP contribution >= 0.6 is 23.2 Å². The monoisotopic (exact) mass is 250 g/mol. The zero-order valence-electron chi connectivity index (χ0n) is 8.59. The van der Waals surface area contributed by atoms with Gasteiger partial charge in [-0.1, -0.05) is 11.6 Å². The first-order valence-corrected chi connectivity index (χ1v) is 5.52. The van der Waals surface area contributed by atoms with Gasteiger partial charge >= 0.3 is 6.01 Å². The molecule has 1 aromatic rings. The summed E-state index contributed by atoms with van der Waals surface area (Å²) in [5.74, 6) is 0.509. The van der Waals surface area contributed by atoms with Crippen LogP contribution in [-0.2, 0) is 5.88 Å². The predicted molar refractivity (Wildman–Crippen MR) is 58.9 cm³/mol. The highest BCUT2D eigenvalue weighted by molar-refractivity contribution is 6.33. The van der Waals surface area contributed by atoms with E-state index in [-0.39, 0.29) is 11.9 Å². The van der Waals surface area contributed by atoms with Gasteiger partial charge in [0, 0.05) is 0 Å². The first-order chi connectivity index (χ1) is 7.22. The summed E-state index contributed by atoms with van der Waals surface area (Å²) < 4.78 is 10.4. The molecule has 0 aromatic carbocycles. The highest BCUT2D eigenvalue weighted by atomic mass is 35.5. The van der Waals surface area contributed by atoms with E-state index in [4.69, 9.17) is 32.7 Å². The average Bonchev–Trinajstić information content (AvgIpc) is 2.23. The van der Waals surface area contributed by atoms with Crippen LogP contribution in [0.3, 0.4) is 0 Å². The van der Waals surface area contributed by atoms with Gasteiger partial charge in [-0.3, -0.25) is 0 Å². The molecule has 0 amide bonds. The molecule has 0 bridgehead atoms. The average molecular weight is 251 g/mol. The van der Waals surface area contributed by atoms with Crippen molar-refractivity contribution in [1.82, 2.24) is 9.97 Å². The lowest BCUT2D eigenvalue weighted by Gasteiger charge is -2.09. The number of ether oxygens (including phenoxy) is 2. The predicted octanol–water partition coefficient (Wildman–Crippen LogP) is 2.67. The highest BCUT2D eigenvalue weighted by Crippen LogP contribution is 2.28. The Morgan fingerprint density at radius 1 is 1.13 bits per heavy atom. The molecule has 0 saturated carbocycles. The van der Waals surface area contributed by atoms with Gasteiger partial charge in [0.15, 0.2) is 0 Å². The van der Waals surface area contributed by atoms with Gasteiger partial charge in [-0.25, -0.2) is 0 Å². The summed E-state index contributed by atoms with van der Waals surface area (Å²) in [5.41, 5.74) is 0.514. The Hall–Kier alpha value is -0.740. The normalized spacial score (nSPS) is 10.1. The number of rotatable bonds is 5. The first-order valence-electron chi connectivity index (χ1n) is 4.60. The largest absolute Gasteiger partial charge is 0.477 e. The third-order valence-electron chi connectivity index (χ3n) is 1.55. The maximum absolute atomic E-state index is 5.97. The standard InChI is InChI=1S/C9H12Cl2N2O2/c1-3-14-8-7(11)6(5-10)12-9(13-8)15-4-2/h3-5H2,1-2H3. The number of aromatic nitrogens is 2. The van der Waals surface area contributed by atoms with E-state index < -0.39 is 0 Å². The van der Waals surface area contributed by atoms with Crippen LogP contribution < -0.4 is 9.47 Å². The van der Waals surface area contributed by atoms with Gasteiger partial charge in [-0.2, -0.15) is 9.97 Å². The summed E-state index contributed by atoms with van der Waals surface area (Å²) in [7, 11) is 0. The van der Waals surface area contributed by atoms with Crippen LogP contribution in [0, 0.1) is 0 Å². The van der Waals surface area contributed by atoms with Gasteiger partial charge in [0.05, 0.1) is 24.8 Å². The van der Waals surface area contributed by atoms with E-state index in [0.717, 1.165) is 0 Å². The second-order valence-corrected chi connectivity index (χ2v) is 3.22. The number of halogens is 2. The van der Waals surface area contributed by atoms with Gasteiger partial charge in [-0.15, -0.1) is 11.6 Å².